The first-order chi connectivity index (χ1) is 3.95. The molecular formula is C5H13NO2S. The second kappa shape index (κ2) is 3.08. The molecule has 0 amide bonds. The van der Waals surface area contributed by atoms with Crippen LogP contribution in [0.2, 0.25) is 0 Å². The Morgan fingerprint density at radius 1 is 1.56 bits per heavy atom. The van der Waals surface area contributed by atoms with Crippen LogP contribution < -0.4 is 5.73 Å². The highest BCUT2D eigenvalue weighted by Crippen LogP contribution is 2.35. The quantitative estimate of drug-likeness (QED) is 0.609. The summed E-state index contributed by atoms with van der Waals surface area (Å²) in [4.78, 5) is 10.5. The van der Waals surface area contributed by atoms with Gasteiger partial charge in [-0.05, 0) is 18.8 Å². The van der Waals surface area contributed by atoms with Crippen LogP contribution in [0.4, 0.5) is 0 Å². The van der Waals surface area contributed by atoms with Crippen molar-refractivity contribution in [3.05, 3.63) is 0 Å². The summed E-state index contributed by atoms with van der Waals surface area (Å²) >= 11 is 0. The summed E-state index contributed by atoms with van der Waals surface area (Å²) in [7, 11) is -1.16. The Morgan fingerprint density at radius 3 is 2.11 bits per heavy atom. The lowest BCUT2D eigenvalue weighted by molar-refractivity contribution is -0.131. The van der Waals surface area contributed by atoms with Crippen LogP contribution in [0.25, 0.3) is 0 Å². The van der Waals surface area contributed by atoms with E-state index >= 15 is 0 Å². The first kappa shape index (κ1) is 8.78. The van der Waals surface area contributed by atoms with Crippen molar-refractivity contribution in [3.8, 4) is 0 Å². The molecule has 0 radical (unpaired) electrons. The lowest BCUT2D eigenvalue weighted by atomic mass is 10.7. The summed E-state index contributed by atoms with van der Waals surface area (Å²) in [5.74, 6) is -0.322. The van der Waals surface area contributed by atoms with Crippen LogP contribution in [0.15, 0.2) is 0 Å². The van der Waals surface area contributed by atoms with E-state index in [9.17, 15) is 4.79 Å². The van der Waals surface area contributed by atoms with Crippen molar-refractivity contribution < 1.29 is 8.98 Å². The fraction of sp³-hybridized carbons (Fsp3) is 0.800. The number of hydrogen-bond donors (Lipinski definition) is 1. The number of carbonyl (C=O) groups is 1. The molecule has 0 aromatic heterocycles. The predicted molar refractivity (Wildman–Crippen MR) is 40.5 cm³/mol. The van der Waals surface area contributed by atoms with E-state index in [1.807, 2.05) is 18.8 Å². The van der Waals surface area contributed by atoms with Gasteiger partial charge in [-0.1, -0.05) is 10.3 Å². The average molecular weight is 151 g/mol. The third-order valence-corrected chi connectivity index (χ3v) is 1.20. The van der Waals surface area contributed by atoms with Crippen molar-refractivity contribution in [2.45, 2.75) is 0 Å². The minimum atomic E-state index is -1.16. The van der Waals surface area contributed by atoms with Gasteiger partial charge >= 0.3 is 5.97 Å². The Morgan fingerprint density at radius 2 is 2.00 bits per heavy atom. The van der Waals surface area contributed by atoms with E-state index in [2.05, 4.69) is 0 Å². The fourth-order valence-electron chi connectivity index (χ4n) is 0.313. The molecule has 0 aromatic carbocycles. The maximum absolute atomic E-state index is 10.5. The van der Waals surface area contributed by atoms with Gasteiger partial charge in [-0.15, -0.1) is 0 Å². The van der Waals surface area contributed by atoms with E-state index in [1.165, 1.54) is 0 Å². The van der Waals surface area contributed by atoms with Gasteiger partial charge in [0.15, 0.2) is 0 Å². The first-order valence-corrected chi connectivity index (χ1v) is 5.34. The van der Waals surface area contributed by atoms with Gasteiger partial charge in [0.05, 0.1) is 6.54 Å². The standard InChI is InChI=1S/C5H13NO2S/c1-9(2,3)8-5(7)4-6/h4,6H2,1-3H3. The third-order valence-electron chi connectivity index (χ3n) is 0.510. The fourth-order valence-corrected chi connectivity index (χ4v) is 0.939. The Bertz CT molecular complexity index is 108. The monoisotopic (exact) mass is 151 g/mol. The van der Waals surface area contributed by atoms with Gasteiger partial charge in [0, 0.05) is 0 Å². The van der Waals surface area contributed by atoms with Crippen LogP contribution in [-0.4, -0.2) is 31.3 Å². The smallest absolute Gasteiger partial charge is 0.330 e. The zero-order chi connectivity index (χ0) is 7.49. The Hall–Kier alpha value is -0.220. The summed E-state index contributed by atoms with van der Waals surface area (Å²) in [6.07, 6.45) is 5.67. The Labute approximate surface area is 57.1 Å². The van der Waals surface area contributed by atoms with Gasteiger partial charge in [-0.2, -0.15) is 0 Å². The molecule has 0 saturated heterocycles. The summed E-state index contributed by atoms with van der Waals surface area (Å²) in [5.41, 5.74) is 5.02. The van der Waals surface area contributed by atoms with Crippen LogP contribution in [0.5, 0.6) is 0 Å². The van der Waals surface area contributed by atoms with Crippen LogP contribution in [0.1, 0.15) is 0 Å². The third kappa shape index (κ3) is 5.65. The van der Waals surface area contributed by atoms with Crippen LogP contribution in [0.3, 0.4) is 0 Å². The van der Waals surface area contributed by atoms with E-state index in [4.69, 9.17) is 9.92 Å². The maximum atomic E-state index is 10.5. The SMILES string of the molecule is CS(C)(C)OC(=O)CN. The highest BCUT2D eigenvalue weighted by Gasteiger charge is 2.08. The lowest BCUT2D eigenvalue weighted by Gasteiger charge is -2.24. The molecule has 0 aromatic rings. The number of nitrogens with two attached hydrogens (primary N) is 1. The highest BCUT2D eigenvalue weighted by atomic mass is 32.3. The van der Waals surface area contributed by atoms with Crippen molar-refractivity contribution in [2.75, 3.05) is 25.3 Å². The molecule has 0 heterocycles. The molecule has 0 atom stereocenters. The lowest BCUT2D eigenvalue weighted by Crippen LogP contribution is -2.17. The average Bonchev–Trinajstić information content (AvgIpc) is 1.62. The summed E-state index contributed by atoms with van der Waals surface area (Å²) in [6.45, 7) is -0.0235. The molecule has 0 aliphatic carbocycles. The molecule has 0 aliphatic rings. The molecule has 0 rings (SSSR count). The van der Waals surface area contributed by atoms with Crippen LogP contribution in [0, 0.1) is 0 Å². The Kier molecular flexibility index (Phi) is 3.00. The van der Waals surface area contributed by atoms with Crippen molar-refractivity contribution >= 4 is 16.3 Å². The normalized spacial score (nSPS) is 12.9. The van der Waals surface area contributed by atoms with Crippen molar-refractivity contribution in [3.63, 3.8) is 0 Å². The minimum absolute atomic E-state index is 0.0235. The van der Waals surface area contributed by atoms with Gasteiger partial charge < -0.3 is 9.92 Å². The molecule has 0 saturated carbocycles. The van der Waals surface area contributed by atoms with Gasteiger partial charge in [0.2, 0.25) is 0 Å². The summed E-state index contributed by atoms with van der Waals surface area (Å²) in [5, 5.41) is 0. The zero-order valence-electron chi connectivity index (χ0n) is 6.01. The number of hydrogen-bond acceptors (Lipinski definition) is 3. The van der Waals surface area contributed by atoms with E-state index in [1.54, 1.807) is 0 Å². The van der Waals surface area contributed by atoms with Gasteiger partial charge in [0.25, 0.3) is 0 Å². The molecule has 0 aliphatic heterocycles. The van der Waals surface area contributed by atoms with Crippen LogP contribution in [-0.2, 0) is 8.98 Å². The molecule has 56 valence electrons. The molecule has 0 spiro atoms. The number of rotatable bonds is 2. The van der Waals surface area contributed by atoms with Crippen molar-refractivity contribution in [2.24, 2.45) is 5.73 Å². The Balaban J connectivity index is 3.60. The number of carbonyl (C=O) groups excluding carboxylic acids is 1. The minimum Gasteiger partial charge on any atom is -0.415 e. The molecule has 3 nitrogen and oxygen atoms in total. The maximum Gasteiger partial charge on any atom is 0.330 e. The largest absolute Gasteiger partial charge is 0.415 e. The van der Waals surface area contributed by atoms with Crippen molar-refractivity contribution in [1.29, 1.82) is 0 Å². The molecule has 4 heteroatoms. The van der Waals surface area contributed by atoms with E-state index in [0.717, 1.165) is 0 Å². The van der Waals surface area contributed by atoms with Gasteiger partial charge in [0.1, 0.15) is 0 Å². The van der Waals surface area contributed by atoms with Crippen molar-refractivity contribution in [1.82, 2.24) is 0 Å². The van der Waals surface area contributed by atoms with E-state index in [0.29, 0.717) is 0 Å². The summed E-state index contributed by atoms with van der Waals surface area (Å²) in [6, 6.07) is 0. The predicted octanol–water partition coefficient (Wildman–Crippen LogP) is 0.0973. The second-order valence-corrected chi connectivity index (χ2v) is 6.00. The molecular weight excluding hydrogens is 138 g/mol. The molecule has 0 fully saturated rings. The summed E-state index contributed by atoms with van der Waals surface area (Å²) < 4.78 is 4.91. The topological polar surface area (TPSA) is 52.3 Å². The van der Waals surface area contributed by atoms with Gasteiger partial charge in [-0.25, -0.2) is 4.79 Å². The second-order valence-electron chi connectivity index (χ2n) is 2.38. The molecule has 0 bridgehead atoms. The van der Waals surface area contributed by atoms with Crippen LogP contribution >= 0.6 is 10.3 Å². The van der Waals surface area contributed by atoms with Gasteiger partial charge in [-0.3, -0.25) is 0 Å². The van der Waals surface area contributed by atoms with E-state index in [-0.39, 0.29) is 12.5 Å². The molecule has 2 N–H and O–H groups in total. The molecule has 9 heavy (non-hydrogen) atoms. The highest BCUT2D eigenvalue weighted by molar-refractivity contribution is 8.28. The van der Waals surface area contributed by atoms with E-state index < -0.39 is 10.3 Å². The molecule has 0 unspecified atom stereocenters. The first-order valence-electron chi connectivity index (χ1n) is 2.56. The zero-order valence-corrected chi connectivity index (χ0v) is 6.83.